The molecule has 0 aliphatic heterocycles. The fourth-order valence-electron chi connectivity index (χ4n) is 2.90. The van der Waals surface area contributed by atoms with Crippen LogP contribution in [0.4, 0.5) is 0 Å². The third-order valence-corrected chi connectivity index (χ3v) is 4.08. The molecule has 16 heavy (non-hydrogen) atoms. The maximum absolute atomic E-state index is 11.9. The van der Waals surface area contributed by atoms with Crippen LogP contribution in [0, 0.1) is 5.92 Å². The molecule has 3 nitrogen and oxygen atoms in total. The van der Waals surface area contributed by atoms with Gasteiger partial charge in [0.1, 0.15) is 5.54 Å². The van der Waals surface area contributed by atoms with Gasteiger partial charge < -0.3 is 10.5 Å². The number of carbonyl (C=O) groups excluding carboxylic acids is 1. The molecule has 0 aromatic rings. The van der Waals surface area contributed by atoms with Gasteiger partial charge in [-0.25, -0.2) is 0 Å². The lowest BCUT2D eigenvalue weighted by Gasteiger charge is -2.31. The first-order chi connectivity index (χ1) is 7.71. The predicted octanol–water partition coefficient (Wildman–Crippen LogP) is 2.38. The van der Waals surface area contributed by atoms with Gasteiger partial charge in [0.2, 0.25) is 0 Å². The predicted molar refractivity (Wildman–Crippen MR) is 62.9 cm³/mol. The van der Waals surface area contributed by atoms with Gasteiger partial charge in [0.15, 0.2) is 0 Å². The van der Waals surface area contributed by atoms with E-state index in [1.807, 2.05) is 0 Å². The van der Waals surface area contributed by atoms with Crippen LogP contribution in [-0.2, 0) is 9.53 Å². The third kappa shape index (κ3) is 2.76. The first kappa shape index (κ1) is 11.9. The van der Waals surface area contributed by atoms with Gasteiger partial charge in [-0.1, -0.05) is 32.1 Å². The summed E-state index contributed by atoms with van der Waals surface area (Å²) in [7, 11) is 0. The fraction of sp³-hybridized carbons (Fsp3) is 0.923. The van der Waals surface area contributed by atoms with E-state index in [1.165, 1.54) is 32.1 Å². The molecule has 0 heterocycles. The van der Waals surface area contributed by atoms with Crippen LogP contribution in [0.15, 0.2) is 0 Å². The van der Waals surface area contributed by atoms with Crippen LogP contribution in [0.2, 0.25) is 0 Å². The van der Waals surface area contributed by atoms with Crippen LogP contribution in [-0.4, -0.2) is 18.1 Å². The number of hydrogen-bond donors (Lipinski definition) is 1. The molecule has 0 radical (unpaired) electrons. The van der Waals surface area contributed by atoms with E-state index in [-0.39, 0.29) is 5.97 Å². The Balaban J connectivity index is 1.77. The van der Waals surface area contributed by atoms with Crippen molar-refractivity contribution in [1.29, 1.82) is 0 Å². The van der Waals surface area contributed by atoms with Gasteiger partial charge in [-0.05, 0) is 31.6 Å². The lowest BCUT2D eigenvalue weighted by atomic mass is 9.83. The van der Waals surface area contributed by atoms with E-state index >= 15 is 0 Å². The monoisotopic (exact) mass is 225 g/mol. The largest absolute Gasteiger partial charge is 0.464 e. The molecule has 2 aliphatic carbocycles. The Morgan fingerprint density at radius 2 is 1.75 bits per heavy atom. The lowest BCUT2D eigenvalue weighted by molar-refractivity contribution is -0.152. The molecule has 0 amide bonds. The van der Waals surface area contributed by atoms with Gasteiger partial charge >= 0.3 is 5.97 Å². The van der Waals surface area contributed by atoms with E-state index in [1.54, 1.807) is 0 Å². The van der Waals surface area contributed by atoms with Crippen molar-refractivity contribution in [1.82, 2.24) is 0 Å². The number of esters is 1. The first-order valence-electron chi connectivity index (χ1n) is 6.67. The number of rotatable bonds is 3. The van der Waals surface area contributed by atoms with Crippen LogP contribution in [0.1, 0.15) is 57.8 Å². The zero-order valence-corrected chi connectivity index (χ0v) is 10.0. The molecule has 2 aliphatic rings. The summed E-state index contributed by atoms with van der Waals surface area (Å²) in [6, 6.07) is 0. The van der Waals surface area contributed by atoms with Gasteiger partial charge in [0.25, 0.3) is 0 Å². The van der Waals surface area contributed by atoms with Gasteiger partial charge in [0.05, 0.1) is 6.61 Å². The molecule has 0 aromatic heterocycles. The molecular weight excluding hydrogens is 202 g/mol. The molecule has 0 spiro atoms. The highest BCUT2D eigenvalue weighted by Gasteiger charge is 2.37. The van der Waals surface area contributed by atoms with Crippen molar-refractivity contribution < 1.29 is 9.53 Å². The van der Waals surface area contributed by atoms with Crippen molar-refractivity contribution in [3.05, 3.63) is 0 Å². The number of hydrogen-bond acceptors (Lipinski definition) is 3. The molecule has 2 fully saturated rings. The second-order valence-corrected chi connectivity index (χ2v) is 5.47. The summed E-state index contributed by atoms with van der Waals surface area (Å²) in [5.41, 5.74) is 5.44. The van der Waals surface area contributed by atoms with Crippen molar-refractivity contribution in [3.63, 3.8) is 0 Å². The molecule has 0 saturated heterocycles. The Hall–Kier alpha value is -0.570. The Kier molecular flexibility index (Phi) is 3.85. The van der Waals surface area contributed by atoms with Crippen LogP contribution in [0.5, 0.6) is 0 Å². The summed E-state index contributed by atoms with van der Waals surface area (Å²) in [5, 5.41) is 0. The molecule has 0 unspecified atom stereocenters. The highest BCUT2D eigenvalue weighted by molar-refractivity contribution is 5.80. The summed E-state index contributed by atoms with van der Waals surface area (Å²) < 4.78 is 5.40. The highest BCUT2D eigenvalue weighted by Crippen LogP contribution is 2.29. The van der Waals surface area contributed by atoms with E-state index < -0.39 is 5.54 Å². The summed E-state index contributed by atoms with van der Waals surface area (Å²) in [5.74, 6) is 0.440. The number of carbonyl (C=O) groups is 1. The second kappa shape index (κ2) is 5.17. The molecule has 2 rings (SSSR count). The van der Waals surface area contributed by atoms with E-state index in [2.05, 4.69) is 0 Å². The standard InChI is InChI=1S/C13H23NO2/c14-13(8-4-1-5-9-13)12(15)16-10-11-6-2-3-7-11/h11H,1-10,14H2. The van der Waals surface area contributed by atoms with Crippen molar-refractivity contribution in [2.45, 2.75) is 63.3 Å². The quantitative estimate of drug-likeness (QED) is 0.750. The minimum atomic E-state index is -0.670. The van der Waals surface area contributed by atoms with E-state index in [4.69, 9.17) is 10.5 Å². The summed E-state index contributed by atoms with van der Waals surface area (Å²) in [6.45, 7) is 0.595. The van der Waals surface area contributed by atoms with Gasteiger partial charge in [0, 0.05) is 0 Å². The maximum Gasteiger partial charge on any atom is 0.326 e. The van der Waals surface area contributed by atoms with E-state index in [0.29, 0.717) is 12.5 Å². The summed E-state index contributed by atoms with van der Waals surface area (Å²) in [4.78, 5) is 11.9. The third-order valence-electron chi connectivity index (χ3n) is 4.08. The topological polar surface area (TPSA) is 52.3 Å². The van der Waals surface area contributed by atoms with Crippen LogP contribution in [0.3, 0.4) is 0 Å². The molecule has 0 bridgehead atoms. The Labute approximate surface area is 97.7 Å². The molecule has 0 aromatic carbocycles. The van der Waals surface area contributed by atoms with Crippen molar-refractivity contribution >= 4 is 5.97 Å². The minimum Gasteiger partial charge on any atom is -0.464 e. The van der Waals surface area contributed by atoms with Crippen LogP contribution >= 0.6 is 0 Å². The van der Waals surface area contributed by atoms with Crippen molar-refractivity contribution in [2.24, 2.45) is 11.7 Å². The Bertz CT molecular complexity index is 240. The van der Waals surface area contributed by atoms with Crippen LogP contribution < -0.4 is 5.73 Å². The molecule has 0 atom stereocenters. The fourth-order valence-corrected chi connectivity index (χ4v) is 2.90. The van der Waals surface area contributed by atoms with Crippen LogP contribution in [0.25, 0.3) is 0 Å². The molecule has 92 valence electrons. The van der Waals surface area contributed by atoms with Crippen molar-refractivity contribution in [2.75, 3.05) is 6.61 Å². The Morgan fingerprint density at radius 1 is 1.12 bits per heavy atom. The maximum atomic E-state index is 11.9. The van der Waals surface area contributed by atoms with Crippen molar-refractivity contribution in [3.8, 4) is 0 Å². The molecule has 3 heteroatoms. The van der Waals surface area contributed by atoms with Gasteiger partial charge in [-0.2, -0.15) is 0 Å². The van der Waals surface area contributed by atoms with Gasteiger partial charge in [-0.15, -0.1) is 0 Å². The van der Waals surface area contributed by atoms with E-state index in [9.17, 15) is 4.79 Å². The molecular formula is C13H23NO2. The smallest absolute Gasteiger partial charge is 0.326 e. The number of nitrogens with two attached hydrogens (primary N) is 1. The first-order valence-corrected chi connectivity index (χ1v) is 6.67. The average molecular weight is 225 g/mol. The highest BCUT2D eigenvalue weighted by atomic mass is 16.5. The average Bonchev–Trinajstić information content (AvgIpc) is 2.79. The normalized spacial score (nSPS) is 25.6. The SMILES string of the molecule is NC1(C(=O)OCC2CCCC2)CCCCC1. The van der Waals surface area contributed by atoms with Gasteiger partial charge in [-0.3, -0.25) is 4.79 Å². The zero-order chi connectivity index (χ0) is 11.4. The Morgan fingerprint density at radius 3 is 2.38 bits per heavy atom. The minimum absolute atomic E-state index is 0.154. The molecule has 2 saturated carbocycles. The second-order valence-electron chi connectivity index (χ2n) is 5.47. The van der Waals surface area contributed by atoms with E-state index in [0.717, 1.165) is 25.7 Å². The summed E-state index contributed by atoms with van der Waals surface area (Å²) in [6.07, 6.45) is 9.94. The number of ether oxygens (including phenoxy) is 1. The molecule has 2 N–H and O–H groups in total. The zero-order valence-electron chi connectivity index (χ0n) is 10.0. The summed E-state index contributed by atoms with van der Waals surface area (Å²) >= 11 is 0. The lowest BCUT2D eigenvalue weighted by Crippen LogP contribution is -2.50.